The molecule has 1 atom stereocenters. The molecule has 0 saturated carbocycles. The third kappa shape index (κ3) is 4.82. The van der Waals surface area contributed by atoms with Crippen molar-refractivity contribution >= 4 is 29.0 Å². The van der Waals surface area contributed by atoms with Gasteiger partial charge in [-0.3, -0.25) is 4.79 Å². The molecule has 0 aliphatic heterocycles. The lowest BCUT2D eigenvalue weighted by atomic mass is 10.4. The number of aromatic nitrogens is 2. The normalized spacial score (nSPS) is 12.1. The van der Waals surface area contributed by atoms with Crippen molar-refractivity contribution in [1.29, 1.82) is 0 Å². The lowest BCUT2D eigenvalue weighted by Crippen LogP contribution is -2.32. The maximum atomic E-state index is 12.0. The number of aryl methyl sites for hydroxylation is 2. The number of carbonyl (C=O) groups excluding carboxylic acids is 1. The Balaban J connectivity index is 1.76. The minimum absolute atomic E-state index is 0.0376. The number of amides is 1. The molecule has 2 aromatic heterocycles. The summed E-state index contributed by atoms with van der Waals surface area (Å²) in [6, 6.07) is 5.70. The minimum Gasteiger partial charge on any atom is -0.355 e. The first-order valence-corrected chi connectivity index (χ1v) is 8.54. The predicted octanol–water partition coefficient (Wildman–Crippen LogP) is 2.99. The quantitative estimate of drug-likeness (QED) is 0.831. The van der Waals surface area contributed by atoms with Crippen LogP contribution in [0.4, 0.5) is 0 Å². The monoisotopic (exact) mass is 321 g/mol. The number of hydrogen-bond acceptors (Lipinski definition) is 5. The van der Waals surface area contributed by atoms with Gasteiger partial charge in [-0.1, -0.05) is 17.8 Å². The Labute approximate surface area is 133 Å². The van der Waals surface area contributed by atoms with E-state index in [4.69, 9.17) is 0 Å². The van der Waals surface area contributed by atoms with Gasteiger partial charge in [0.1, 0.15) is 0 Å². The Morgan fingerprint density at radius 1 is 1.43 bits per heavy atom. The molecule has 0 radical (unpaired) electrons. The zero-order valence-corrected chi connectivity index (χ0v) is 14.1. The summed E-state index contributed by atoms with van der Waals surface area (Å²) in [5.41, 5.74) is 1.08. The average Bonchev–Trinajstić information content (AvgIpc) is 2.78. The third-order valence-electron chi connectivity index (χ3n) is 3.02. The van der Waals surface area contributed by atoms with Crippen LogP contribution in [0.2, 0.25) is 0 Å². The van der Waals surface area contributed by atoms with Gasteiger partial charge in [0.15, 0.2) is 0 Å². The van der Waals surface area contributed by atoms with E-state index in [1.165, 1.54) is 16.6 Å². The molecule has 0 aliphatic rings. The smallest absolute Gasteiger partial charge is 0.233 e. The predicted molar refractivity (Wildman–Crippen MR) is 87.9 cm³/mol. The number of thioether (sulfide) groups is 1. The molecule has 1 N–H and O–H groups in total. The Kier molecular flexibility index (Phi) is 5.76. The Morgan fingerprint density at radius 2 is 2.24 bits per heavy atom. The van der Waals surface area contributed by atoms with Crippen LogP contribution >= 0.6 is 23.1 Å². The van der Waals surface area contributed by atoms with Gasteiger partial charge in [0.2, 0.25) is 5.91 Å². The van der Waals surface area contributed by atoms with Gasteiger partial charge in [-0.25, -0.2) is 9.97 Å². The van der Waals surface area contributed by atoms with Gasteiger partial charge < -0.3 is 5.32 Å². The fourth-order valence-corrected chi connectivity index (χ4v) is 3.50. The van der Waals surface area contributed by atoms with Crippen LogP contribution in [-0.2, 0) is 11.2 Å². The summed E-state index contributed by atoms with van der Waals surface area (Å²) >= 11 is 3.17. The number of nitrogens with one attached hydrogen (secondary N) is 1. The van der Waals surface area contributed by atoms with E-state index in [0.717, 1.165) is 22.1 Å². The summed E-state index contributed by atoms with van der Waals surface area (Å²) in [4.78, 5) is 22.0. The van der Waals surface area contributed by atoms with Crippen molar-refractivity contribution in [1.82, 2.24) is 15.3 Å². The van der Waals surface area contributed by atoms with Gasteiger partial charge in [-0.15, -0.1) is 11.3 Å². The molecule has 112 valence electrons. The van der Waals surface area contributed by atoms with Gasteiger partial charge in [-0.05, 0) is 32.9 Å². The molecule has 21 heavy (non-hydrogen) atoms. The minimum atomic E-state index is -0.153. The van der Waals surface area contributed by atoms with E-state index in [0.29, 0.717) is 6.54 Å². The standard InChI is InChI=1S/C15H19N3OS2/c1-10-11(2)20-14(18-10)7-9-17-15(19)12(3)21-13-6-4-5-8-16-13/h4-6,8,12H,7,9H2,1-3H3,(H,17,19)/t12-/m1/s1. The number of carbonyl (C=O) groups is 1. The highest BCUT2D eigenvalue weighted by Crippen LogP contribution is 2.20. The maximum Gasteiger partial charge on any atom is 0.233 e. The van der Waals surface area contributed by atoms with E-state index >= 15 is 0 Å². The Morgan fingerprint density at radius 3 is 2.86 bits per heavy atom. The van der Waals surface area contributed by atoms with Crippen LogP contribution in [0.3, 0.4) is 0 Å². The fourth-order valence-electron chi connectivity index (χ4n) is 1.73. The van der Waals surface area contributed by atoms with Crippen LogP contribution in [0.5, 0.6) is 0 Å². The van der Waals surface area contributed by atoms with Gasteiger partial charge in [0.25, 0.3) is 0 Å². The molecule has 2 heterocycles. The first kappa shape index (κ1) is 16.0. The zero-order valence-electron chi connectivity index (χ0n) is 12.4. The Bertz CT molecular complexity index is 579. The van der Waals surface area contributed by atoms with E-state index in [2.05, 4.69) is 22.2 Å². The van der Waals surface area contributed by atoms with Crippen molar-refractivity contribution < 1.29 is 4.79 Å². The van der Waals surface area contributed by atoms with Gasteiger partial charge in [-0.2, -0.15) is 0 Å². The number of pyridine rings is 1. The number of thiazole rings is 1. The molecule has 2 rings (SSSR count). The van der Waals surface area contributed by atoms with E-state index in [1.54, 1.807) is 17.5 Å². The van der Waals surface area contributed by atoms with Crippen molar-refractivity contribution in [2.75, 3.05) is 6.54 Å². The molecule has 0 fully saturated rings. The Hall–Kier alpha value is -1.40. The van der Waals surface area contributed by atoms with E-state index in [9.17, 15) is 4.79 Å². The van der Waals surface area contributed by atoms with Crippen LogP contribution in [0, 0.1) is 13.8 Å². The van der Waals surface area contributed by atoms with Crippen LogP contribution < -0.4 is 5.32 Å². The van der Waals surface area contributed by atoms with Gasteiger partial charge in [0, 0.05) is 24.0 Å². The molecular weight excluding hydrogens is 302 g/mol. The van der Waals surface area contributed by atoms with Crippen LogP contribution in [-0.4, -0.2) is 27.7 Å². The topological polar surface area (TPSA) is 54.9 Å². The number of rotatable bonds is 6. The number of nitrogens with zero attached hydrogens (tertiary/aromatic N) is 2. The van der Waals surface area contributed by atoms with Gasteiger partial charge in [0.05, 0.1) is 21.0 Å². The molecule has 0 unspecified atom stereocenters. The van der Waals surface area contributed by atoms with Gasteiger partial charge >= 0.3 is 0 Å². The SMILES string of the molecule is Cc1nc(CCNC(=O)[C@@H](C)Sc2ccccn2)sc1C. The molecule has 0 saturated heterocycles. The molecule has 0 aliphatic carbocycles. The van der Waals surface area contributed by atoms with Crippen molar-refractivity contribution in [3.8, 4) is 0 Å². The fraction of sp³-hybridized carbons (Fsp3) is 0.400. The lowest BCUT2D eigenvalue weighted by Gasteiger charge is -2.10. The molecule has 0 spiro atoms. The third-order valence-corrected chi connectivity index (χ3v) is 5.20. The van der Waals surface area contributed by atoms with Crippen LogP contribution in [0.1, 0.15) is 22.5 Å². The van der Waals surface area contributed by atoms with E-state index < -0.39 is 0 Å². The molecule has 4 nitrogen and oxygen atoms in total. The second kappa shape index (κ2) is 7.56. The molecule has 0 bridgehead atoms. The summed E-state index contributed by atoms with van der Waals surface area (Å²) < 4.78 is 0. The maximum absolute atomic E-state index is 12.0. The molecule has 1 amide bonds. The largest absolute Gasteiger partial charge is 0.355 e. The van der Waals surface area contributed by atoms with Crippen LogP contribution in [0.15, 0.2) is 29.4 Å². The highest BCUT2D eigenvalue weighted by Gasteiger charge is 2.14. The van der Waals surface area contributed by atoms with Crippen LogP contribution in [0.25, 0.3) is 0 Å². The summed E-state index contributed by atoms with van der Waals surface area (Å²) in [5.74, 6) is 0.0376. The second-order valence-corrected chi connectivity index (χ2v) is 7.37. The van der Waals surface area contributed by atoms with Crippen molar-refractivity contribution in [3.05, 3.63) is 40.0 Å². The summed E-state index contributed by atoms with van der Waals surface area (Å²) in [6.45, 7) is 6.60. The zero-order chi connectivity index (χ0) is 15.2. The van der Waals surface area contributed by atoms with Crippen molar-refractivity contribution in [2.45, 2.75) is 37.5 Å². The summed E-state index contributed by atoms with van der Waals surface area (Å²) in [7, 11) is 0. The number of hydrogen-bond donors (Lipinski definition) is 1. The first-order chi connectivity index (χ1) is 10.1. The highest BCUT2D eigenvalue weighted by molar-refractivity contribution is 8.00. The molecule has 6 heteroatoms. The van der Waals surface area contributed by atoms with E-state index in [1.807, 2.05) is 32.0 Å². The molecule has 2 aromatic rings. The molecule has 0 aromatic carbocycles. The van der Waals surface area contributed by atoms with Crippen molar-refractivity contribution in [2.24, 2.45) is 0 Å². The van der Waals surface area contributed by atoms with E-state index in [-0.39, 0.29) is 11.2 Å². The van der Waals surface area contributed by atoms with Crippen molar-refractivity contribution in [3.63, 3.8) is 0 Å². The molecular formula is C15H19N3OS2. The lowest BCUT2D eigenvalue weighted by molar-refractivity contribution is -0.120. The second-order valence-electron chi connectivity index (χ2n) is 4.72. The first-order valence-electron chi connectivity index (χ1n) is 6.84. The summed E-state index contributed by atoms with van der Waals surface area (Å²) in [5, 5.41) is 4.75. The average molecular weight is 321 g/mol. The highest BCUT2D eigenvalue weighted by atomic mass is 32.2. The summed E-state index contributed by atoms with van der Waals surface area (Å²) in [6.07, 6.45) is 2.52.